The first-order chi connectivity index (χ1) is 14.1. The van der Waals surface area contributed by atoms with Gasteiger partial charge in [0.2, 0.25) is 0 Å². The van der Waals surface area contributed by atoms with Crippen LogP contribution in [0.3, 0.4) is 0 Å². The molecule has 5 nitrogen and oxygen atoms in total. The van der Waals surface area contributed by atoms with Crippen molar-refractivity contribution in [3.63, 3.8) is 0 Å². The number of hydrogen-bond donors (Lipinski definition) is 1. The molecule has 0 radical (unpaired) electrons. The number of aryl methyl sites for hydroxylation is 1. The molecule has 1 atom stereocenters. The summed E-state index contributed by atoms with van der Waals surface area (Å²) in [6.45, 7) is 0. The molecular formula is C21H18FN3O2S2. The molecule has 0 aliphatic heterocycles. The SMILES string of the molecule is Cn1ccnc1SCc1ccc(C(=O)NC(c2ccc(F)cc2)c2cccs2)o1. The Hall–Kier alpha value is -2.84. The number of nitrogens with one attached hydrogen (secondary N) is 1. The number of amides is 1. The van der Waals surface area contributed by atoms with Crippen molar-refractivity contribution in [3.8, 4) is 0 Å². The third-order valence-corrected chi connectivity index (χ3v) is 6.33. The summed E-state index contributed by atoms with van der Waals surface area (Å²) in [6.07, 6.45) is 3.62. The number of thioether (sulfide) groups is 1. The molecule has 0 aliphatic rings. The quantitative estimate of drug-likeness (QED) is 0.421. The minimum atomic E-state index is -0.376. The van der Waals surface area contributed by atoms with Gasteiger partial charge in [-0.25, -0.2) is 9.37 Å². The molecule has 0 spiro atoms. The molecule has 29 heavy (non-hydrogen) atoms. The van der Waals surface area contributed by atoms with Crippen LogP contribution in [-0.4, -0.2) is 15.5 Å². The number of benzene rings is 1. The number of hydrogen-bond acceptors (Lipinski definition) is 5. The lowest BCUT2D eigenvalue weighted by Crippen LogP contribution is -2.28. The summed E-state index contributed by atoms with van der Waals surface area (Å²) in [7, 11) is 1.93. The van der Waals surface area contributed by atoms with E-state index in [4.69, 9.17) is 4.42 Å². The van der Waals surface area contributed by atoms with Crippen LogP contribution in [0.4, 0.5) is 4.39 Å². The molecule has 3 heterocycles. The number of imidazole rings is 1. The second-order valence-electron chi connectivity index (χ2n) is 6.35. The summed E-state index contributed by atoms with van der Waals surface area (Å²) in [5.74, 6) is 0.873. The van der Waals surface area contributed by atoms with Gasteiger partial charge in [-0.3, -0.25) is 4.79 Å². The molecule has 1 amide bonds. The smallest absolute Gasteiger partial charge is 0.287 e. The van der Waals surface area contributed by atoms with Crippen molar-refractivity contribution in [3.05, 3.63) is 94.1 Å². The van der Waals surface area contributed by atoms with E-state index in [2.05, 4.69) is 10.3 Å². The van der Waals surface area contributed by atoms with Crippen LogP contribution in [0.15, 0.2) is 75.9 Å². The summed E-state index contributed by atoms with van der Waals surface area (Å²) in [5.41, 5.74) is 0.805. The second-order valence-corrected chi connectivity index (χ2v) is 8.27. The molecule has 0 saturated heterocycles. The first-order valence-corrected chi connectivity index (χ1v) is 10.8. The first-order valence-electron chi connectivity index (χ1n) is 8.89. The molecule has 1 N–H and O–H groups in total. The number of halogens is 1. The van der Waals surface area contributed by atoms with E-state index in [1.807, 2.05) is 35.3 Å². The van der Waals surface area contributed by atoms with Crippen LogP contribution in [0.1, 0.15) is 32.8 Å². The van der Waals surface area contributed by atoms with E-state index in [1.165, 1.54) is 35.2 Å². The van der Waals surface area contributed by atoms with Crippen molar-refractivity contribution in [1.29, 1.82) is 0 Å². The van der Waals surface area contributed by atoms with Crippen LogP contribution < -0.4 is 5.32 Å². The zero-order chi connectivity index (χ0) is 20.2. The summed E-state index contributed by atoms with van der Waals surface area (Å²) >= 11 is 3.06. The van der Waals surface area contributed by atoms with Gasteiger partial charge in [-0.05, 0) is 41.3 Å². The lowest BCUT2D eigenvalue weighted by Gasteiger charge is -2.17. The van der Waals surface area contributed by atoms with E-state index in [1.54, 1.807) is 30.5 Å². The van der Waals surface area contributed by atoms with Crippen LogP contribution in [0.2, 0.25) is 0 Å². The lowest BCUT2D eigenvalue weighted by molar-refractivity contribution is 0.0914. The van der Waals surface area contributed by atoms with Crippen LogP contribution >= 0.6 is 23.1 Å². The highest BCUT2D eigenvalue weighted by Gasteiger charge is 2.21. The number of thiophene rings is 1. The molecule has 0 bridgehead atoms. The summed E-state index contributed by atoms with van der Waals surface area (Å²) < 4.78 is 21.0. The number of carbonyl (C=O) groups excluding carboxylic acids is 1. The molecule has 1 unspecified atom stereocenters. The fraction of sp³-hybridized carbons (Fsp3) is 0.143. The second kappa shape index (κ2) is 8.67. The fourth-order valence-corrected chi connectivity index (χ4v) is 4.46. The molecule has 4 rings (SSSR count). The Balaban J connectivity index is 1.47. The van der Waals surface area contributed by atoms with Gasteiger partial charge in [0.25, 0.3) is 5.91 Å². The monoisotopic (exact) mass is 427 g/mol. The predicted molar refractivity (Wildman–Crippen MR) is 112 cm³/mol. The molecule has 0 fully saturated rings. The fourth-order valence-electron chi connectivity index (χ4n) is 2.84. The van der Waals surface area contributed by atoms with Gasteiger partial charge < -0.3 is 14.3 Å². The maximum Gasteiger partial charge on any atom is 0.287 e. The van der Waals surface area contributed by atoms with Gasteiger partial charge in [-0.1, -0.05) is 30.0 Å². The van der Waals surface area contributed by atoms with Crippen LogP contribution in [0, 0.1) is 5.82 Å². The van der Waals surface area contributed by atoms with Crippen molar-refractivity contribution < 1.29 is 13.6 Å². The topological polar surface area (TPSA) is 60.1 Å². The molecule has 1 aromatic carbocycles. The highest BCUT2D eigenvalue weighted by Crippen LogP contribution is 2.27. The van der Waals surface area contributed by atoms with Crippen LogP contribution in [-0.2, 0) is 12.8 Å². The third-order valence-electron chi connectivity index (χ3n) is 4.31. The van der Waals surface area contributed by atoms with Crippen molar-refractivity contribution in [1.82, 2.24) is 14.9 Å². The van der Waals surface area contributed by atoms with E-state index in [0.717, 1.165) is 15.6 Å². The minimum Gasteiger partial charge on any atom is -0.455 e. The molecule has 8 heteroatoms. The highest BCUT2D eigenvalue weighted by atomic mass is 32.2. The largest absolute Gasteiger partial charge is 0.455 e. The van der Waals surface area contributed by atoms with E-state index >= 15 is 0 Å². The summed E-state index contributed by atoms with van der Waals surface area (Å²) in [5, 5.41) is 5.81. The summed E-state index contributed by atoms with van der Waals surface area (Å²) in [6, 6.07) is 13.1. The molecule has 148 valence electrons. The van der Waals surface area contributed by atoms with Gasteiger partial charge in [0, 0.05) is 24.3 Å². The Morgan fingerprint density at radius 2 is 2.10 bits per heavy atom. The Kier molecular flexibility index (Phi) is 5.82. The number of aromatic nitrogens is 2. The van der Waals surface area contributed by atoms with Gasteiger partial charge >= 0.3 is 0 Å². The maximum absolute atomic E-state index is 13.3. The van der Waals surface area contributed by atoms with Gasteiger partial charge in [0.05, 0.1) is 11.8 Å². The van der Waals surface area contributed by atoms with E-state index in [0.29, 0.717) is 11.5 Å². The van der Waals surface area contributed by atoms with Gasteiger partial charge in [-0.2, -0.15) is 0 Å². The first kappa shape index (κ1) is 19.5. The maximum atomic E-state index is 13.3. The van der Waals surface area contributed by atoms with Gasteiger partial charge in [0.1, 0.15) is 11.6 Å². The third kappa shape index (κ3) is 4.60. The number of nitrogens with zero attached hydrogens (tertiary/aromatic N) is 2. The molecule has 3 aromatic heterocycles. The standard InChI is InChI=1S/C21H18FN3O2S2/c1-25-11-10-23-21(25)29-13-16-8-9-17(27-16)20(26)24-19(18-3-2-12-28-18)14-4-6-15(22)7-5-14/h2-12,19H,13H2,1H3,(H,24,26). The normalized spacial score (nSPS) is 12.1. The zero-order valence-corrected chi connectivity index (χ0v) is 17.2. The molecule has 0 saturated carbocycles. The van der Waals surface area contributed by atoms with Gasteiger partial charge in [-0.15, -0.1) is 11.3 Å². The predicted octanol–water partition coefficient (Wildman–Crippen LogP) is 5.03. The Morgan fingerprint density at radius 3 is 2.79 bits per heavy atom. The van der Waals surface area contributed by atoms with Crippen LogP contribution in [0.25, 0.3) is 0 Å². The van der Waals surface area contributed by atoms with Crippen molar-refractivity contribution in [2.24, 2.45) is 7.05 Å². The van der Waals surface area contributed by atoms with E-state index in [9.17, 15) is 9.18 Å². The van der Waals surface area contributed by atoms with Crippen molar-refractivity contribution >= 4 is 29.0 Å². The molecule has 0 aliphatic carbocycles. The number of rotatable bonds is 7. The Labute approximate surface area is 175 Å². The minimum absolute atomic E-state index is 0.240. The summed E-state index contributed by atoms with van der Waals surface area (Å²) in [4.78, 5) is 18.0. The highest BCUT2D eigenvalue weighted by molar-refractivity contribution is 7.98. The van der Waals surface area contributed by atoms with Crippen molar-refractivity contribution in [2.45, 2.75) is 17.0 Å². The average Bonchev–Trinajstić information content (AvgIpc) is 3.47. The number of furan rings is 1. The molecular weight excluding hydrogens is 409 g/mol. The molecule has 4 aromatic rings. The lowest BCUT2D eigenvalue weighted by atomic mass is 10.1. The van der Waals surface area contributed by atoms with E-state index in [-0.39, 0.29) is 23.5 Å². The Morgan fingerprint density at radius 1 is 1.28 bits per heavy atom. The number of carbonyl (C=O) groups is 1. The van der Waals surface area contributed by atoms with Crippen LogP contribution in [0.5, 0.6) is 0 Å². The van der Waals surface area contributed by atoms with E-state index < -0.39 is 0 Å². The van der Waals surface area contributed by atoms with Gasteiger partial charge in [0.15, 0.2) is 10.9 Å². The van der Waals surface area contributed by atoms with Crippen molar-refractivity contribution in [2.75, 3.05) is 0 Å². The average molecular weight is 428 g/mol. The zero-order valence-electron chi connectivity index (χ0n) is 15.5. The Bertz CT molecular complexity index is 1090.